The van der Waals surface area contributed by atoms with Crippen LogP contribution in [-0.2, 0) is 17.9 Å². The number of hydrogen-bond donors (Lipinski definition) is 2. The number of carbonyl (C=O) groups excluding carboxylic acids is 1. The molecule has 0 aliphatic carbocycles. The van der Waals surface area contributed by atoms with E-state index < -0.39 is 0 Å². The van der Waals surface area contributed by atoms with Gasteiger partial charge in [-0.15, -0.1) is 0 Å². The smallest absolute Gasteiger partial charge is 0.256 e. The molecule has 34 heavy (non-hydrogen) atoms. The van der Waals surface area contributed by atoms with Gasteiger partial charge in [0.1, 0.15) is 18.0 Å². The van der Waals surface area contributed by atoms with Crippen molar-refractivity contribution in [2.75, 3.05) is 24.9 Å². The maximum Gasteiger partial charge on any atom is 0.256 e. The Balaban J connectivity index is 1.64. The molecule has 0 atom stereocenters. The van der Waals surface area contributed by atoms with Crippen molar-refractivity contribution in [1.82, 2.24) is 4.57 Å². The summed E-state index contributed by atoms with van der Waals surface area (Å²) >= 11 is 0. The SMILES string of the molecule is COc1ccc(NC(=O)Cn2c(=O)c(CNc3ccc(C)cc3)cc3ccc(OC)cc32)cc1. The molecule has 0 spiro atoms. The summed E-state index contributed by atoms with van der Waals surface area (Å²) in [5, 5.41) is 6.99. The third-order valence-electron chi connectivity index (χ3n) is 5.59. The van der Waals surface area contributed by atoms with Crippen molar-refractivity contribution in [3.05, 3.63) is 94.3 Å². The first-order valence-corrected chi connectivity index (χ1v) is 10.9. The molecule has 0 radical (unpaired) electrons. The number of carbonyl (C=O) groups is 1. The lowest BCUT2D eigenvalue weighted by Crippen LogP contribution is -2.30. The van der Waals surface area contributed by atoms with Crippen LogP contribution in [0.15, 0.2) is 77.6 Å². The van der Waals surface area contributed by atoms with Crippen LogP contribution in [0.3, 0.4) is 0 Å². The molecule has 7 heteroatoms. The van der Waals surface area contributed by atoms with E-state index >= 15 is 0 Å². The van der Waals surface area contributed by atoms with E-state index in [1.165, 1.54) is 4.57 Å². The molecule has 0 unspecified atom stereocenters. The van der Waals surface area contributed by atoms with Crippen LogP contribution in [0.25, 0.3) is 10.9 Å². The highest BCUT2D eigenvalue weighted by molar-refractivity contribution is 5.92. The Morgan fingerprint density at radius 1 is 0.853 bits per heavy atom. The third kappa shape index (κ3) is 5.20. The maximum atomic E-state index is 13.4. The monoisotopic (exact) mass is 457 g/mol. The van der Waals surface area contributed by atoms with E-state index in [0.717, 1.165) is 16.6 Å². The van der Waals surface area contributed by atoms with E-state index in [-0.39, 0.29) is 18.0 Å². The minimum atomic E-state index is -0.306. The Hall–Kier alpha value is -4.26. The second-order valence-corrected chi connectivity index (χ2v) is 7.98. The molecule has 0 aliphatic heterocycles. The molecule has 0 bridgehead atoms. The molecule has 0 fully saturated rings. The number of rotatable bonds is 8. The van der Waals surface area contributed by atoms with Gasteiger partial charge in [-0.05, 0) is 66.9 Å². The number of amides is 1. The van der Waals surface area contributed by atoms with Gasteiger partial charge in [-0.2, -0.15) is 0 Å². The fraction of sp³-hybridized carbons (Fsp3) is 0.185. The fourth-order valence-corrected chi connectivity index (χ4v) is 3.71. The lowest BCUT2D eigenvalue weighted by atomic mass is 10.1. The van der Waals surface area contributed by atoms with Gasteiger partial charge in [-0.3, -0.25) is 14.2 Å². The number of benzene rings is 3. The normalized spacial score (nSPS) is 10.7. The van der Waals surface area contributed by atoms with Crippen LogP contribution in [0.2, 0.25) is 0 Å². The Morgan fingerprint density at radius 3 is 2.18 bits per heavy atom. The standard InChI is InChI=1S/C27H27N3O4/c1-18-4-7-21(8-5-18)28-16-20-14-19-6-11-24(34-3)15-25(19)30(27(20)32)17-26(31)29-22-9-12-23(33-2)13-10-22/h4-15,28H,16-17H2,1-3H3,(H,29,31). The average Bonchev–Trinajstić information content (AvgIpc) is 2.86. The van der Waals surface area contributed by atoms with Crippen molar-refractivity contribution in [3.8, 4) is 11.5 Å². The molecule has 1 amide bonds. The second-order valence-electron chi connectivity index (χ2n) is 7.98. The van der Waals surface area contributed by atoms with Crippen molar-refractivity contribution < 1.29 is 14.3 Å². The van der Waals surface area contributed by atoms with Crippen LogP contribution in [0.1, 0.15) is 11.1 Å². The van der Waals surface area contributed by atoms with Gasteiger partial charge in [-0.1, -0.05) is 17.7 Å². The number of ether oxygens (including phenoxy) is 2. The number of aromatic nitrogens is 1. The number of pyridine rings is 1. The zero-order valence-electron chi connectivity index (χ0n) is 19.4. The van der Waals surface area contributed by atoms with Crippen LogP contribution in [0.4, 0.5) is 11.4 Å². The number of anilines is 2. The molecular formula is C27H27N3O4. The van der Waals surface area contributed by atoms with Gasteiger partial charge in [0, 0.05) is 29.5 Å². The van der Waals surface area contributed by atoms with E-state index in [1.807, 2.05) is 49.4 Å². The van der Waals surface area contributed by atoms with Gasteiger partial charge in [-0.25, -0.2) is 0 Å². The van der Waals surface area contributed by atoms with Gasteiger partial charge >= 0.3 is 0 Å². The largest absolute Gasteiger partial charge is 0.497 e. The van der Waals surface area contributed by atoms with E-state index in [0.29, 0.717) is 34.8 Å². The number of hydrogen-bond acceptors (Lipinski definition) is 5. The van der Waals surface area contributed by atoms with Gasteiger partial charge in [0.25, 0.3) is 5.56 Å². The topological polar surface area (TPSA) is 81.6 Å². The van der Waals surface area contributed by atoms with Gasteiger partial charge in [0.2, 0.25) is 5.91 Å². The highest BCUT2D eigenvalue weighted by Crippen LogP contribution is 2.22. The number of nitrogens with zero attached hydrogens (tertiary/aromatic N) is 1. The molecule has 4 rings (SSSR count). The second kappa shape index (κ2) is 10.1. The van der Waals surface area contributed by atoms with E-state index in [2.05, 4.69) is 10.6 Å². The van der Waals surface area contributed by atoms with Gasteiger partial charge in [0.05, 0.1) is 19.7 Å². The molecule has 4 aromatic rings. The van der Waals surface area contributed by atoms with Crippen molar-refractivity contribution in [3.63, 3.8) is 0 Å². The van der Waals surface area contributed by atoms with Crippen LogP contribution >= 0.6 is 0 Å². The Kier molecular flexibility index (Phi) is 6.82. The number of fused-ring (bicyclic) bond motifs is 1. The van der Waals surface area contributed by atoms with Crippen molar-refractivity contribution in [1.29, 1.82) is 0 Å². The zero-order valence-corrected chi connectivity index (χ0v) is 19.4. The number of nitrogens with one attached hydrogen (secondary N) is 2. The van der Waals surface area contributed by atoms with E-state index in [4.69, 9.17) is 9.47 Å². The first-order chi connectivity index (χ1) is 16.5. The highest BCUT2D eigenvalue weighted by atomic mass is 16.5. The van der Waals surface area contributed by atoms with Crippen molar-refractivity contribution in [2.45, 2.75) is 20.0 Å². The summed E-state index contributed by atoms with van der Waals surface area (Å²) < 4.78 is 12.0. The number of aryl methyl sites for hydroxylation is 1. The maximum absolute atomic E-state index is 13.4. The molecule has 7 nitrogen and oxygen atoms in total. The molecule has 3 aromatic carbocycles. The summed E-state index contributed by atoms with van der Waals surface area (Å²) in [4.78, 5) is 26.3. The van der Waals surface area contributed by atoms with Gasteiger partial charge in [0.15, 0.2) is 0 Å². The molecule has 0 aliphatic rings. The molecule has 1 heterocycles. The molecule has 2 N–H and O–H groups in total. The van der Waals surface area contributed by atoms with Crippen molar-refractivity contribution >= 4 is 28.2 Å². The minimum Gasteiger partial charge on any atom is -0.497 e. The lowest BCUT2D eigenvalue weighted by Gasteiger charge is -2.15. The molecular weight excluding hydrogens is 430 g/mol. The summed E-state index contributed by atoms with van der Waals surface area (Å²) in [5.41, 5.74) is 3.67. The summed E-state index contributed by atoms with van der Waals surface area (Å²) in [6.07, 6.45) is 0. The molecule has 0 saturated carbocycles. The quantitative estimate of drug-likeness (QED) is 0.405. The van der Waals surface area contributed by atoms with Crippen LogP contribution in [0, 0.1) is 6.92 Å². The molecule has 1 aromatic heterocycles. The predicted octanol–water partition coefficient (Wildman–Crippen LogP) is 4.58. The van der Waals surface area contributed by atoms with Gasteiger partial charge < -0.3 is 20.1 Å². The summed E-state index contributed by atoms with van der Waals surface area (Å²) in [6, 6.07) is 22.4. The minimum absolute atomic E-state index is 0.132. The zero-order chi connectivity index (χ0) is 24.1. The predicted molar refractivity (Wildman–Crippen MR) is 135 cm³/mol. The summed E-state index contributed by atoms with van der Waals surface area (Å²) in [6.45, 7) is 2.23. The van der Waals surface area contributed by atoms with Crippen LogP contribution < -0.4 is 25.7 Å². The Bertz CT molecular complexity index is 1360. The Labute approximate surface area is 197 Å². The Morgan fingerprint density at radius 2 is 1.50 bits per heavy atom. The van der Waals surface area contributed by atoms with Crippen LogP contribution in [0.5, 0.6) is 11.5 Å². The average molecular weight is 458 g/mol. The molecule has 174 valence electrons. The summed E-state index contributed by atoms with van der Waals surface area (Å²) in [5.74, 6) is 1.00. The first-order valence-electron chi connectivity index (χ1n) is 10.9. The van der Waals surface area contributed by atoms with Crippen LogP contribution in [-0.4, -0.2) is 24.7 Å². The highest BCUT2D eigenvalue weighted by Gasteiger charge is 2.14. The lowest BCUT2D eigenvalue weighted by molar-refractivity contribution is -0.116. The fourth-order valence-electron chi connectivity index (χ4n) is 3.71. The third-order valence-corrected chi connectivity index (χ3v) is 5.59. The number of methoxy groups -OCH3 is 2. The molecule has 0 saturated heterocycles. The first kappa shape index (κ1) is 22.9. The summed E-state index contributed by atoms with van der Waals surface area (Å²) in [7, 11) is 3.15. The van der Waals surface area contributed by atoms with E-state index in [1.54, 1.807) is 44.6 Å². The van der Waals surface area contributed by atoms with Crippen molar-refractivity contribution in [2.24, 2.45) is 0 Å². The van der Waals surface area contributed by atoms with E-state index in [9.17, 15) is 9.59 Å².